The molecule has 0 amide bonds. The predicted octanol–water partition coefficient (Wildman–Crippen LogP) is 3.94. The van der Waals surface area contributed by atoms with Crippen LogP contribution >= 0.6 is 0 Å². The van der Waals surface area contributed by atoms with E-state index in [0.29, 0.717) is 31.3 Å². The second kappa shape index (κ2) is 10.6. The van der Waals surface area contributed by atoms with Crippen LogP contribution in [0.3, 0.4) is 0 Å². The minimum absolute atomic E-state index is 0.358. The van der Waals surface area contributed by atoms with Crippen LogP contribution in [-0.4, -0.2) is 46.0 Å². The summed E-state index contributed by atoms with van der Waals surface area (Å²) in [7, 11) is 3.25. The normalized spacial score (nSPS) is 11.7. The number of ether oxygens (including phenoxy) is 4. The fraction of sp³-hybridized carbons (Fsp3) is 0.381. The van der Waals surface area contributed by atoms with Gasteiger partial charge in [-0.05, 0) is 32.0 Å². The summed E-state index contributed by atoms with van der Waals surface area (Å²) in [6, 6.07) is 15.8. The van der Waals surface area contributed by atoms with Gasteiger partial charge in [-0.2, -0.15) is 0 Å². The zero-order valence-electron chi connectivity index (χ0n) is 15.9. The van der Waals surface area contributed by atoms with E-state index in [1.54, 1.807) is 14.2 Å². The highest BCUT2D eigenvalue weighted by Gasteiger charge is 2.13. The highest BCUT2D eigenvalue weighted by Crippen LogP contribution is 2.28. The van der Waals surface area contributed by atoms with Gasteiger partial charge in [-0.25, -0.2) is 0 Å². The van der Waals surface area contributed by atoms with E-state index in [1.807, 2.05) is 62.4 Å². The molecule has 5 nitrogen and oxygen atoms in total. The largest absolute Gasteiger partial charge is 0.493 e. The van der Waals surface area contributed by atoms with E-state index in [4.69, 9.17) is 23.9 Å². The minimum Gasteiger partial charge on any atom is -0.493 e. The number of rotatable bonds is 10. The van der Waals surface area contributed by atoms with Gasteiger partial charge in [0.25, 0.3) is 0 Å². The van der Waals surface area contributed by atoms with Gasteiger partial charge in [-0.1, -0.05) is 30.3 Å². The molecule has 140 valence electrons. The van der Waals surface area contributed by atoms with Crippen LogP contribution in [0.1, 0.15) is 25.0 Å². The third kappa shape index (κ3) is 5.31. The Bertz CT molecular complexity index is 694. The molecule has 2 rings (SSSR count). The van der Waals surface area contributed by atoms with Gasteiger partial charge in [0.05, 0.1) is 26.5 Å². The summed E-state index contributed by atoms with van der Waals surface area (Å²) in [6.45, 7) is 5.47. The van der Waals surface area contributed by atoms with Gasteiger partial charge in [0.2, 0.25) is 0 Å². The fourth-order valence-electron chi connectivity index (χ4n) is 2.62. The van der Waals surface area contributed by atoms with Crippen molar-refractivity contribution in [1.29, 1.82) is 0 Å². The molecule has 0 unspecified atom stereocenters. The maximum atomic E-state index is 5.61. The van der Waals surface area contributed by atoms with E-state index in [2.05, 4.69) is 0 Å². The van der Waals surface area contributed by atoms with Crippen molar-refractivity contribution in [1.82, 2.24) is 0 Å². The van der Waals surface area contributed by atoms with Gasteiger partial charge in [0.15, 0.2) is 17.8 Å². The third-order valence-electron chi connectivity index (χ3n) is 3.81. The molecule has 0 aliphatic rings. The number of hydrogen-bond acceptors (Lipinski definition) is 5. The molecule has 2 aromatic carbocycles. The second-order valence-electron chi connectivity index (χ2n) is 5.47. The fourth-order valence-corrected chi connectivity index (χ4v) is 2.62. The first-order valence-corrected chi connectivity index (χ1v) is 8.78. The molecule has 5 heteroatoms. The van der Waals surface area contributed by atoms with Crippen molar-refractivity contribution in [3.8, 4) is 11.5 Å². The smallest absolute Gasteiger partial charge is 0.176 e. The lowest BCUT2D eigenvalue weighted by molar-refractivity contribution is -0.128. The maximum Gasteiger partial charge on any atom is 0.176 e. The Labute approximate surface area is 155 Å². The van der Waals surface area contributed by atoms with Crippen LogP contribution < -0.4 is 9.47 Å². The molecule has 0 bridgehead atoms. The van der Waals surface area contributed by atoms with Crippen molar-refractivity contribution in [3.05, 3.63) is 59.7 Å². The van der Waals surface area contributed by atoms with Crippen molar-refractivity contribution in [2.45, 2.75) is 20.1 Å². The zero-order valence-corrected chi connectivity index (χ0v) is 15.9. The molecule has 0 aliphatic heterocycles. The number of benzene rings is 2. The van der Waals surface area contributed by atoms with Gasteiger partial charge >= 0.3 is 0 Å². The predicted molar refractivity (Wildman–Crippen MR) is 104 cm³/mol. The number of aliphatic imine (C=N–C) groups is 1. The quantitative estimate of drug-likeness (QED) is 0.477. The summed E-state index contributed by atoms with van der Waals surface area (Å²) >= 11 is 0. The number of hydrogen-bond donors (Lipinski definition) is 0. The molecule has 0 fully saturated rings. The molecule has 2 aromatic rings. The first kappa shape index (κ1) is 19.9. The van der Waals surface area contributed by atoms with Gasteiger partial charge in [0, 0.05) is 24.3 Å². The zero-order chi connectivity index (χ0) is 18.8. The van der Waals surface area contributed by atoms with Crippen molar-refractivity contribution >= 4 is 5.71 Å². The van der Waals surface area contributed by atoms with Crippen LogP contribution in [0.15, 0.2) is 53.5 Å². The van der Waals surface area contributed by atoms with E-state index in [1.165, 1.54) is 0 Å². The Hall–Kier alpha value is -2.37. The number of methoxy groups -OCH3 is 2. The lowest BCUT2D eigenvalue weighted by atomic mass is 10.0. The summed E-state index contributed by atoms with van der Waals surface area (Å²) in [6.07, 6.45) is -0.358. The Morgan fingerprint density at radius 3 is 2.08 bits per heavy atom. The van der Waals surface area contributed by atoms with Crippen molar-refractivity contribution in [2.75, 3.05) is 34.0 Å². The molecule has 0 radical (unpaired) electrons. The monoisotopic (exact) mass is 357 g/mol. The minimum atomic E-state index is -0.358. The summed E-state index contributed by atoms with van der Waals surface area (Å²) in [5, 5.41) is 0. The molecule has 0 aromatic heterocycles. The van der Waals surface area contributed by atoms with Gasteiger partial charge in [-0.15, -0.1) is 0 Å². The van der Waals surface area contributed by atoms with E-state index in [0.717, 1.165) is 16.8 Å². The summed E-state index contributed by atoms with van der Waals surface area (Å²) in [5.74, 6) is 1.35. The van der Waals surface area contributed by atoms with Gasteiger partial charge in [0.1, 0.15) is 0 Å². The molecule has 0 spiro atoms. The van der Waals surface area contributed by atoms with E-state index in [-0.39, 0.29) is 6.29 Å². The molecule has 0 saturated carbocycles. The molecular weight excluding hydrogens is 330 g/mol. The van der Waals surface area contributed by atoms with Gasteiger partial charge < -0.3 is 18.9 Å². The van der Waals surface area contributed by atoms with Crippen molar-refractivity contribution in [2.24, 2.45) is 4.99 Å². The van der Waals surface area contributed by atoms with Crippen LogP contribution in [0.5, 0.6) is 11.5 Å². The molecule has 0 N–H and O–H groups in total. The SMILES string of the molecule is CCOC(CN=C(c1ccccc1)c1ccc(OC)c(OC)c1)OCC. The molecule has 0 atom stereocenters. The maximum absolute atomic E-state index is 5.61. The molecule has 0 heterocycles. The highest BCUT2D eigenvalue weighted by molar-refractivity contribution is 6.13. The number of nitrogens with zero attached hydrogens (tertiary/aromatic N) is 1. The van der Waals surface area contributed by atoms with Crippen molar-refractivity contribution in [3.63, 3.8) is 0 Å². The Morgan fingerprint density at radius 2 is 1.50 bits per heavy atom. The van der Waals surface area contributed by atoms with Crippen LogP contribution in [0.2, 0.25) is 0 Å². The first-order chi connectivity index (χ1) is 12.7. The molecular formula is C21H27NO4. The first-order valence-electron chi connectivity index (χ1n) is 8.78. The lowest BCUT2D eigenvalue weighted by Gasteiger charge is -2.16. The summed E-state index contributed by atoms with van der Waals surface area (Å²) in [4.78, 5) is 4.80. The summed E-state index contributed by atoms with van der Waals surface area (Å²) < 4.78 is 22.0. The average Bonchev–Trinajstić information content (AvgIpc) is 2.69. The van der Waals surface area contributed by atoms with Crippen LogP contribution in [0, 0.1) is 0 Å². The van der Waals surface area contributed by atoms with Gasteiger partial charge in [-0.3, -0.25) is 4.99 Å². The Balaban J connectivity index is 2.40. The highest BCUT2D eigenvalue weighted by atomic mass is 16.7. The van der Waals surface area contributed by atoms with Crippen LogP contribution in [0.25, 0.3) is 0 Å². The topological polar surface area (TPSA) is 49.3 Å². The third-order valence-corrected chi connectivity index (χ3v) is 3.81. The van der Waals surface area contributed by atoms with E-state index >= 15 is 0 Å². The van der Waals surface area contributed by atoms with Crippen molar-refractivity contribution < 1.29 is 18.9 Å². The molecule has 26 heavy (non-hydrogen) atoms. The summed E-state index contributed by atoms with van der Waals surface area (Å²) in [5.41, 5.74) is 2.82. The van der Waals surface area contributed by atoms with Crippen LogP contribution in [-0.2, 0) is 9.47 Å². The van der Waals surface area contributed by atoms with Crippen LogP contribution in [0.4, 0.5) is 0 Å². The van der Waals surface area contributed by atoms with E-state index in [9.17, 15) is 0 Å². The lowest BCUT2D eigenvalue weighted by Crippen LogP contribution is -2.22. The Morgan fingerprint density at radius 1 is 0.846 bits per heavy atom. The Kier molecular flexibility index (Phi) is 8.12. The second-order valence-corrected chi connectivity index (χ2v) is 5.47. The standard InChI is InChI=1S/C21H27NO4/c1-5-25-20(26-6-2)15-22-21(16-10-8-7-9-11-16)17-12-13-18(23-3)19(14-17)24-4/h7-14,20H,5-6,15H2,1-4H3. The average molecular weight is 357 g/mol. The molecule has 0 aliphatic carbocycles. The molecule has 0 saturated heterocycles. The van der Waals surface area contributed by atoms with E-state index < -0.39 is 0 Å².